The first-order valence-corrected chi connectivity index (χ1v) is 5.45. The lowest BCUT2D eigenvalue weighted by atomic mass is 10.2. The Morgan fingerprint density at radius 2 is 2.13 bits per heavy atom. The number of hydrogen-bond acceptors (Lipinski definition) is 3. The molecule has 0 saturated heterocycles. The van der Waals surface area contributed by atoms with Gasteiger partial charge in [-0.15, -0.1) is 0 Å². The van der Waals surface area contributed by atoms with Gasteiger partial charge in [-0.25, -0.2) is 0 Å². The molecule has 3 nitrogen and oxygen atoms in total. The Labute approximate surface area is 91.6 Å². The van der Waals surface area contributed by atoms with E-state index in [1.165, 1.54) is 19.3 Å². The van der Waals surface area contributed by atoms with Gasteiger partial charge in [0.15, 0.2) is 0 Å². The van der Waals surface area contributed by atoms with Crippen LogP contribution in [0.25, 0.3) is 0 Å². The molecule has 0 unspecified atom stereocenters. The summed E-state index contributed by atoms with van der Waals surface area (Å²) in [6.45, 7) is 3.17. The van der Waals surface area contributed by atoms with Crippen molar-refractivity contribution in [2.45, 2.75) is 26.2 Å². The molecule has 0 aliphatic carbocycles. The summed E-state index contributed by atoms with van der Waals surface area (Å²) in [7, 11) is 1.64. The van der Waals surface area contributed by atoms with Crippen molar-refractivity contribution >= 4 is 11.4 Å². The van der Waals surface area contributed by atoms with Crippen LogP contribution in [-0.2, 0) is 0 Å². The summed E-state index contributed by atoms with van der Waals surface area (Å²) in [5, 5.41) is 3.32. The lowest BCUT2D eigenvalue weighted by Gasteiger charge is -2.10. The zero-order valence-electron chi connectivity index (χ0n) is 9.55. The van der Waals surface area contributed by atoms with E-state index in [4.69, 9.17) is 10.5 Å². The van der Waals surface area contributed by atoms with Crippen molar-refractivity contribution in [2.24, 2.45) is 0 Å². The van der Waals surface area contributed by atoms with Gasteiger partial charge in [-0.3, -0.25) is 0 Å². The normalized spacial score (nSPS) is 10.0. The van der Waals surface area contributed by atoms with Crippen molar-refractivity contribution in [2.75, 3.05) is 24.7 Å². The zero-order chi connectivity index (χ0) is 11.1. The number of unbranched alkanes of at least 4 members (excludes halogenated alkanes) is 2. The van der Waals surface area contributed by atoms with Gasteiger partial charge in [-0.1, -0.05) is 19.8 Å². The molecule has 3 heteroatoms. The number of hydrogen-bond donors (Lipinski definition) is 2. The fourth-order valence-corrected chi connectivity index (χ4v) is 1.43. The highest BCUT2D eigenvalue weighted by Crippen LogP contribution is 2.23. The van der Waals surface area contributed by atoms with Gasteiger partial charge in [-0.2, -0.15) is 0 Å². The standard InChI is InChI=1S/C12H20N2O/c1-3-4-5-8-14-12-7-6-10(15-2)9-11(12)13/h6-7,9,14H,3-5,8,13H2,1-2H3. The average Bonchev–Trinajstić information content (AvgIpc) is 2.26. The van der Waals surface area contributed by atoms with Crippen LogP contribution < -0.4 is 15.8 Å². The summed E-state index contributed by atoms with van der Waals surface area (Å²) in [5.74, 6) is 0.798. The van der Waals surface area contributed by atoms with E-state index in [1.807, 2.05) is 18.2 Å². The van der Waals surface area contributed by atoms with Crippen molar-refractivity contribution < 1.29 is 4.74 Å². The van der Waals surface area contributed by atoms with Crippen LogP contribution in [0.3, 0.4) is 0 Å². The molecule has 0 aromatic heterocycles. The number of methoxy groups -OCH3 is 1. The second kappa shape index (κ2) is 6.17. The SMILES string of the molecule is CCCCCNc1ccc(OC)cc1N. The van der Waals surface area contributed by atoms with E-state index in [-0.39, 0.29) is 0 Å². The molecule has 0 heterocycles. The molecule has 1 aromatic rings. The van der Waals surface area contributed by atoms with Gasteiger partial charge in [0.25, 0.3) is 0 Å². The van der Waals surface area contributed by atoms with Gasteiger partial charge < -0.3 is 15.8 Å². The molecule has 0 aliphatic rings. The number of ether oxygens (including phenoxy) is 1. The first kappa shape index (κ1) is 11.7. The van der Waals surface area contributed by atoms with Crippen LogP contribution in [0.4, 0.5) is 11.4 Å². The van der Waals surface area contributed by atoms with Gasteiger partial charge in [0, 0.05) is 12.6 Å². The number of nitrogens with two attached hydrogens (primary N) is 1. The third-order valence-corrected chi connectivity index (χ3v) is 2.35. The molecule has 1 aromatic carbocycles. The summed E-state index contributed by atoms with van der Waals surface area (Å²) in [6, 6.07) is 5.71. The van der Waals surface area contributed by atoms with E-state index >= 15 is 0 Å². The Bertz CT molecular complexity index is 300. The van der Waals surface area contributed by atoms with Crippen molar-refractivity contribution in [1.29, 1.82) is 0 Å². The minimum absolute atomic E-state index is 0.742. The lowest BCUT2D eigenvalue weighted by molar-refractivity contribution is 0.415. The lowest BCUT2D eigenvalue weighted by Crippen LogP contribution is -2.04. The van der Waals surface area contributed by atoms with Crippen LogP contribution in [0, 0.1) is 0 Å². The zero-order valence-corrected chi connectivity index (χ0v) is 9.55. The first-order valence-electron chi connectivity index (χ1n) is 5.45. The number of rotatable bonds is 6. The number of nitrogen functional groups attached to an aromatic ring is 1. The quantitative estimate of drug-likeness (QED) is 0.558. The Hall–Kier alpha value is -1.38. The summed E-state index contributed by atoms with van der Waals surface area (Å²) in [6.07, 6.45) is 3.67. The maximum Gasteiger partial charge on any atom is 0.121 e. The highest BCUT2D eigenvalue weighted by atomic mass is 16.5. The second-order valence-corrected chi connectivity index (χ2v) is 3.59. The molecular weight excluding hydrogens is 188 g/mol. The molecule has 0 aliphatic heterocycles. The van der Waals surface area contributed by atoms with Gasteiger partial charge in [0.05, 0.1) is 18.5 Å². The highest BCUT2D eigenvalue weighted by molar-refractivity contribution is 5.68. The fourth-order valence-electron chi connectivity index (χ4n) is 1.43. The largest absolute Gasteiger partial charge is 0.497 e. The third-order valence-electron chi connectivity index (χ3n) is 2.35. The van der Waals surface area contributed by atoms with Crippen LogP contribution >= 0.6 is 0 Å². The van der Waals surface area contributed by atoms with E-state index in [0.29, 0.717) is 0 Å². The van der Waals surface area contributed by atoms with Crippen LogP contribution in [0.2, 0.25) is 0 Å². The van der Waals surface area contributed by atoms with Crippen LogP contribution in [0.5, 0.6) is 5.75 Å². The van der Waals surface area contributed by atoms with Crippen LogP contribution in [0.15, 0.2) is 18.2 Å². The van der Waals surface area contributed by atoms with Crippen molar-refractivity contribution in [3.63, 3.8) is 0 Å². The molecule has 0 spiro atoms. The molecule has 0 atom stereocenters. The average molecular weight is 208 g/mol. The maximum atomic E-state index is 5.87. The Morgan fingerprint density at radius 1 is 1.33 bits per heavy atom. The number of benzene rings is 1. The van der Waals surface area contributed by atoms with E-state index < -0.39 is 0 Å². The molecule has 0 amide bonds. The number of nitrogens with one attached hydrogen (secondary N) is 1. The summed E-state index contributed by atoms with van der Waals surface area (Å²) in [5.41, 5.74) is 7.60. The van der Waals surface area contributed by atoms with Gasteiger partial charge in [0.2, 0.25) is 0 Å². The van der Waals surface area contributed by atoms with Crippen LogP contribution in [-0.4, -0.2) is 13.7 Å². The van der Waals surface area contributed by atoms with E-state index in [1.54, 1.807) is 7.11 Å². The monoisotopic (exact) mass is 208 g/mol. The highest BCUT2D eigenvalue weighted by Gasteiger charge is 1.99. The van der Waals surface area contributed by atoms with Gasteiger partial charge >= 0.3 is 0 Å². The van der Waals surface area contributed by atoms with Crippen molar-refractivity contribution in [3.05, 3.63) is 18.2 Å². The van der Waals surface area contributed by atoms with E-state index in [0.717, 1.165) is 23.7 Å². The predicted molar refractivity (Wildman–Crippen MR) is 65.4 cm³/mol. The van der Waals surface area contributed by atoms with Gasteiger partial charge in [0.1, 0.15) is 5.75 Å². The predicted octanol–water partition coefficient (Wildman–Crippen LogP) is 2.88. The fraction of sp³-hybridized carbons (Fsp3) is 0.500. The first-order chi connectivity index (χ1) is 7.27. The molecule has 0 bridgehead atoms. The molecule has 1 rings (SSSR count). The molecule has 0 saturated carbocycles. The van der Waals surface area contributed by atoms with Crippen molar-refractivity contribution in [1.82, 2.24) is 0 Å². The van der Waals surface area contributed by atoms with Gasteiger partial charge in [-0.05, 0) is 18.6 Å². The van der Waals surface area contributed by atoms with Crippen LogP contribution in [0.1, 0.15) is 26.2 Å². The Morgan fingerprint density at radius 3 is 2.73 bits per heavy atom. The summed E-state index contributed by atoms with van der Waals surface area (Å²) >= 11 is 0. The Balaban J connectivity index is 2.47. The molecule has 15 heavy (non-hydrogen) atoms. The minimum Gasteiger partial charge on any atom is -0.497 e. The van der Waals surface area contributed by atoms with Crippen molar-refractivity contribution in [3.8, 4) is 5.75 Å². The number of anilines is 2. The third kappa shape index (κ3) is 3.70. The molecule has 0 radical (unpaired) electrons. The van der Waals surface area contributed by atoms with E-state index in [2.05, 4.69) is 12.2 Å². The minimum atomic E-state index is 0.742. The smallest absolute Gasteiger partial charge is 0.121 e. The maximum absolute atomic E-state index is 5.87. The summed E-state index contributed by atoms with van der Waals surface area (Å²) < 4.78 is 5.09. The topological polar surface area (TPSA) is 47.3 Å². The molecular formula is C12H20N2O. The molecule has 3 N–H and O–H groups in total. The molecule has 0 fully saturated rings. The Kier molecular flexibility index (Phi) is 4.81. The second-order valence-electron chi connectivity index (χ2n) is 3.59. The van der Waals surface area contributed by atoms with E-state index in [9.17, 15) is 0 Å². The molecule has 84 valence electrons. The summed E-state index contributed by atoms with van der Waals surface area (Å²) in [4.78, 5) is 0.